The number of hydrogen-bond donors (Lipinski definition) is 7. The summed E-state index contributed by atoms with van der Waals surface area (Å²) < 4.78 is 7.01. The molecule has 46 heavy (non-hydrogen) atoms. The molecule has 20 nitrogen and oxygen atoms in total. The molecule has 0 saturated carbocycles. The SMILES string of the molecule is Cn1c(N)c(NC(=O)NC2CNC2)c[n+]1CC1=C(C(=O)[O-])N2C(=O)[C@@H](NC(=O)/C(=N/OC(C)(C)C(=O)O)c3nsc(N)n3)[C@H]2SC1. The summed E-state index contributed by atoms with van der Waals surface area (Å²) in [5.41, 5.74) is 9.72. The molecule has 9 N–H and O–H groups in total. The number of rotatable bonds is 11. The topological polar surface area (TPSA) is 288 Å². The third-order valence-electron chi connectivity index (χ3n) is 7.28. The monoisotopic (exact) mass is 678 g/mol. The summed E-state index contributed by atoms with van der Waals surface area (Å²) in [5.74, 6) is -4.58. The number of aromatic nitrogens is 4. The second-order valence-electron chi connectivity index (χ2n) is 10.9. The number of β-lactam (4-membered cyclic amide) rings is 1. The summed E-state index contributed by atoms with van der Waals surface area (Å²) in [6.45, 7) is 3.72. The molecule has 0 radical (unpaired) electrons. The molecule has 0 unspecified atom stereocenters. The van der Waals surface area contributed by atoms with Crippen molar-refractivity contribution in [3.8, 4) is 0 Å². The Kier molecular flexibility index (Phi) is 8.77. The van der Waals surface area contributed by atoms with Crippen molar-refractivity contribution in [2.24, 2.45) is 12.2 Å². The van der Waals surface area contributed by atoms with Crippen LogP contribution in [0.25, 0.3) is 0 Å². The number of nitrogens with zero attached hydrogens (tertiary/aromatic N) is 6. The van der Waals surface area contributed by atoms with Crippen LogP contribution < -0.4 is 42.5 Å². The lowest BCUT2D eigenvalue weighted by Crippen LogP contribution is -2.71. The number of carbonyl (C=O) groups excluding carboxylic acids is 4. The van der Waals surface area contributed by atoms with E-state index in [-0.39, 0.29) is 40.8 Å². The minimum absolute atomic E-state index is 0.00165. The molecular weight excluding hydrogens is 648 g/mol. The molecule has 5 rings (SSSR count). The van der Waals surface area contributed by atoms with Gasteiger partial charge in [-0.05, 0) is 13.8 Å². The van der Waals surface area contributed by atoms with Gasteiger partial charge in [-0.2, -0.15) is 9.36 Å². The third-order valence-corrected chi connectivity index (χ3v) is 9.16. The maximum absolute atomic E-state index is 13.3. The number of fused-ring (bicyclic) bond motifs is 1. The third kappa shape index (κ3) is 6.25. The van der Waals surface area contributed by atoms with Gasteiger partial charge in [-0.25, -0.2) is 9.59 Å². The summed E-state index contributed by atoms with van der Waals surface area (Å²) in [6, 6.07) is -1.62. The molecule has 22 heteroatoms. The first-order valence-corrected chi connectivity index (χ1v) is 15.4. The van der Waals surface area contributed by atoms with E-state index in [4.69, 9.17) is 16.3 Å². The molecular formula is C24H30N12O8S2. The molecule has 0 aromatic carbocycles. The number of anilines is 3. The van der Waals surface area contributed by atoms with E-state index in [0.29, 0.717) is 24.4 Å². The van der Waals surface area contributed by atoms with Gasteiger partial charge in [0.15, 0.2) is 23.2 Å². The maximum Gasteiger partial charge on any atom is 0.350 e. The molecule has 2 aromatic rings. The predicted molar refractivity (Wildman–Crippen MR) is 160 cm³/mol. The zero-order valence-electron chi connectivity index (χ0n) is 24.6. The largest absolute Gasteiger partial charge is 0.543 e. The number of amides is 4. The smallest absolute Gasteiger partial charge is 0.350 e. The average Bonchev–Trinajstić information content (AvgIpc) is 3.51. The Balaban J connectivity index is 1.32. The lowest BCUT2D eigenvalue weighted by molar-refractivity contribution is -0.765. The highest BCUT2D eigenvalue weighted by atomic mass is 32.2. The fraction of sp³-hybridized carbons (Fsp3) is 0.458. The van der Waals surface area contributed by atoms with E-state index in [1.54, 1.807) is 17.9 Å². The van der Waals surface area contributed by atoms with Crippen LogP contribution in [0.5, 0.6) is 0 Å². The number of oxime groups is 1. The van der Waals surface area contributed by atoms with Crippen molar-refractivity contribution >= 4 is 75.4 Å². The molecule has 0 spiro atoms. The fourth-order valence-electron chi connectivity index (χ4n) is 4.51. The van der Waals surface area contributed by atoms with Crippen LogP contribution in [-0.4, -0.2) is 101 Å². The Morgan fingerprint density at radius 1 is 1.28 bits per heavy atom. The van der Waals surface area contributed by atoms with Crippen LogP contribution in [0.15, 0.2) is 22.6 Å². The van der Waals surface area contributed by atoms with Gasteiger partial charge in [-0.1, -0.05) is 5.16 Å². The number of carbonyl (C=O) groups is 5. The number of nitrogens with one attached hydrogen (secondary N) is 4. The van der Waals surface area contributed by atoms with Crippen LogP contribution in [0.3, 0.4) is 0 Å². The average molecular weight is 679 g/mol. The highest BCUT2D eigenvalue weighted by Crippen LogP contribution is 2.40. The van der Waals surface area contributed by atoms with Crippen LogP contribution in [0, 0.1) is 0 Å². The Labute approximate surface area is 268 Å². The zero-order chi connectivity index (χ0) is 33.5. The van der Waals surface area contributed by atoms with Gasteiger partial charge in [0.25, 0.3) is 11.8 Å². The minimum atomic E-state index is -1.82. The first-order chi connectivity index (χ1) is 21.7. The molecule has 5 heterocycles. The Hall–Kier alpha value is -4.96. The Bertz CT molecular complexity index is 1680. The normalized spacial score (nSPS) is 19.9. The van der Waals surface area contributed by atoms with Crippen molar-refractivity contribution in [1.29, 1.82) is 0 Å². The van der Waals surface area contributed by atoms with Gasteiger partial charge in [0.2, 0.25) is 23.3 Å². The van der Waals surface area contributed by atoms with Crippen molar-refractivity contribution in [1.82, 2.24) is 34.9 Å². The van der Waals surface area contributed by atoms with E-state index in [0.717, 1.165) is 16.4 Å². The molecule has 0 aliphatic carbocycles. The lowest BCUT2D eigenvalue weighted by atomic mass is 10.0. The van der Waals surface area contributed by atoms with E-state index in [9.17, 15) is 34.2 Å². The summed E-state index contributed by atoms with van der Waals surface area (Å²) >= 11 is 1.95. The van der Waals surface area contributed by atoms with Crippen molar-refractivity contribution in [2.45, 2.75) is 43.5 Å². The van der Waals surface area contributed by atoms with Crippen LogP contribution >= 0.6 is 23.3 Å². The second-order valence-corrected chi connectivity index (χ2v) is 12.8. The predicted octanol–water partition coefficient (Wildman–Crippen LogP) is -3.89. The Morgan fingerprint density at radius 3 is 2.59 bits per heavy atom. The number of nitrogens with two attached hydrogens (primary N) is 2. The molecule has 2 atom stereocenters. The number of thioether (sulfide) groups is 1. The second kappa shape index (κ2) is 12.4. The Morgan fingerprint density at radius 2 is 2.00 bits per heavy atom. The van der Waals surface area contributed by atoms with Gasteiger partial charge in [0, 0.05) is 35.9 Å². The van der Waals surface area contributed by atoms with Gasteiger partial charge in [-0.15, -0.1) is 21.1 Å². The number of hydrogen-bond acceptors (Lipinski definition) is 15. The quantitative estimate of drug-likeness (QED) is 0.0518. The van der Waals surface area contributed by atoms with Crippen LogP contribution in [-0.2, 0) is 37.6 Å². The van der Waals surface area contributed by atoms with Gasteiger partial charge in [0.1, 0.15) is 11.4 Å². The highest BCUT2D eigenvalue weighted by Gasteiger charge is 2.53. The first kappa shape index (κ1) is 32.4. The van der Waals surface area contributed by atoms with Crippen molar-refractivity contribution in [3.05, 3.63) is 23.3 Å². The van der Waals surface area contributed by atoms with Gasteiger partial charge >= 0.3 is 12.0 Å². The van der Waals surface area contributed by atoms with E-state index in [1.807, 2.05) is 0 Å². The summed E-state index contributed by atoms with van der Waals surface area (Å²) in [4.78, 5) is 72.6. The van der Waals surface area contributed by atoms with Gasteiger partial charge < -0.3 is 47.3 Å². The molecule has 4 amide bonds. The molecule has 2 aromatic heterocycles. The van der Waals surface area contributed by atoms with E-state index < -0.39 is 52.5 Å². The molecule has 0 bridgehead atoms. The number of urea groups is 1. The highest BCUT2D eigenvalue weighted by molar-refractivity contribution is 8.00. The first-order valence-electron chi connectivity index (χ1n) is 13.6. The minimum Gasteiger partial charge on any atom is -0.543 e. The van der Waals surface area contributed by atoms with Gasteiger partial charge in [-0.3, -0.25) is 19.8 Å². The molecule has 246 valence electrons. The molecule has 3 aliphatic rings. The summed E-state index contributed by atoms with van der Waals surface area (Å²) in [6.07, 6.45) is 1.54. The number of nitrogen functional groups attached to an aromatic ring is 2. The number of carboxylic acid groups (broad SMARTS) is 2. The lowest BCUT2D eigenvalue weighted by Gasteiger charge is -2.50. The summed E-state index contributed by atoms with van der Waals surface area (Å²) in [5, 5.41) is 35.5. The molecule has 2 saturated heterocycles. The van der Waals surface area contributed by atoms with Crippen LogP contribution in [0.4, 0.5) is 21.4 Å². The van der Waals surface area contributed by atoms with Crippen molar-refractivity contribution in [3.63, 3.8) is 0 Å². The fourth-order valence-corrected chi connectivity index (χ4v) is 6.28. The number of aliphatic carboxylic acids is 2. The zero-order valence-corrected chi connectivity index (χ0v) is 26.2. The van der Waals surface area contributed by atoms with Crippen molar-refractivity contribution < 1.29 is 43.7 Å². The molecule has 2 fully saturated rings. The van der Waals surface area contributed by atoms with Crippen LogP contribution in [0.1, 0.15) is 19.7 Å². The maximum atomic E-state index is 13.3. The van der Waals surface area contributed by atoms with E-state index in [1.165, 1.54) is 30.3 Å². The van der Waals surface area contributed by atoms with E-state index >= 15 is 0 Å². The van der Waals surface area contributed by atoms with Crippen molar-refractivity contribution in [2.75, 3.05) is 35.6 Å². The summed E-state index contributed by atoms with van der Waals surface area (Å²) in [7, 11) is 1.62. The number of carboxylic acids is 2. The molecule has 3 aliphatic heterocycles. The standard InChI is InChI=1S/C24H30N12O8S2/c1-24(2,21(41)42)44-32-12(16-31-22(26)46-33-16)17(37)30-13-18(38)36-14(20(39)40)9(8-45-19(13)36)6-35-7-11(15(25)34(35)3)29-23(43)28-10-4-27-5-10/h7,10,13,19,25,27H,4-6,8H2,1-3H3,(H7,26,28,29,30,31,33,37,39,40,41,42,43)/b32-12+/t13-,19-/m1/s1. The van der Waals surface area contributed by atoms with Crippen LogP contribution in [0.2, 0.25) is 0 Å². The van der Waals surface area contributed by atoms with E-state index in [2.05, 4.69) is 35.8 Å². The van der Waals surface area contributed by atoms with Gasteiger partial charge in [0.05, 0.1) is 24.8 Å².